The summed E-state index contributed by atoms with van der Waals surface area (Å²) in [6.45, 7) is 3.34. The van der Waals surface area contributed by atoms with Crippen LogP contribution < -0.4 is 10.8 Å². The van der Waals surface area contributed by atoms with Crippen LogP contribution in [-0.2, 0) is 11.4 Å². The molecule has 0 radical (unpaired) electrons. The normalized spacial score (nSPS) is 25.2. The highest BCUT2D eigenvalue weighted by Gasteiger charge is 2.39. The van der Waals surface area contributed by atoms with Gasteiger partial charge in [0.05, 0.1) is 6.61 Å². The van der Waals surface area contributed by atoms with E-state index < -0.39 is 0 Å². The van der Waals surface area contributed by atoms with Crippen LogP contribution in [0.3, 0.4) is 0 Å². The Hall–Kier alpha value is -1.66. The van der Waals surface area contributed by atoms with Crippen LogP contribution in [0.2, 0.25) is 0 Å². The molecule has 2 atom stereocenters. The highest BCUT2D eigenvalue weighted by Crippen LogP contribution is 2.33. The minimum absolute atomic E-state index is 0.171. The summed E-state index contributed by atoms with van der Waals surface area (Å²) in [6, 6.07) is 7.08. The number of carbonyl (C=O) groups is 1. The minimum atomic E-state index is -0.322. The van der Waals surface area contributed by atoms with Gasteiger partial charge in [0.2, 0.25) is 0 Å². The van der Waals surface area contributed by atoms with Crippen LogP contribution in [0.15, 0.2) is 24.3 Å². The fraction of sp³-hybridized carbons (Fsp3) is 0.562. The predicted molar refractivity (Wildman–Crippen MR) is 80.5 cm³/mol. The molecule has 120 valence electrons. The molecule has 22 heavy (non-hydrogen) atoms. The van der Waals surface area contributed by atoms with Crippen molar-refractivity contribution in [3.8, 4) is 0 Å². The molecule has 1 saturated carbocycles. The van der Waals surface area contributed by atoms with Crippen LogP contribution >= 0.6 is 0 Å². The van der Waals surface area contributed by atoms with Crippen LogP contribution in [-0.4, -0.2) is 35.6 Å². The van der Waals surface area contributed by atoms with Gasteiger partial charge in [-0.1, -0.05) is 12.1 Å². The fourth-order valence-electron chi connectivity index (χ4n) is 3.06. The summed E-state index contributed by atoms with van der Waals surface area (Å²) < 4.78 is 12.8. The van der Waals surface area contributed by atoms with Crippen molar-refractivity contribution < 1.29 is 14.0 Å². The molecular weight excluding hydrogens is 285 g/mol. The minimum Gasteiger partial charge on any atom is -0.332 e. The van der Waals surface area contributed by atoms with Crippen molar-refractivity contribution in [2.45, 2.75) is 50.9 Å². The van der Waals surface area contributed by atoms with E-state index in [1.807, 2.05) is 0 Å². The monoisotopic (exact) mass is 307 g/mol. The highest BCUT2D eigenvalue weighted by atomic mass is 19.1. The molecule has 2 N–H and O–H groups in total. The van der Waals surface area contributed by atoms with Gasteiger partial charge in [0.25, 0.3) is 0 Å². The number of rotatable bonds is 5. The average molecular weight is 307 g/mol. The van der Waals surface area contributed by atoms with Crippen molar-refractivity contribution in [1.29, 1.82) is 0 Å². The van der Waals surface area contributed by atoms with E-state index >= 15 is 0 Å². The van der Waals surface area contributed by atoms with Crippen molar-refractivity contribution in [3.05, 3.63) is 35.6 Å². The zero-order valence-corrected chi connectivity index (χ0v) is 12.7. The molecule has 3 rings (SSSR count). The smallest absolute Gasteiger partial charge is 0.332 e. The number of hydrogen-bond donors (Lipinski definition) is 2. The first kappa shape index (κ1) is 15.2. The molecule has 1 saturated heterocycles. The summed E-state index contributed by atoms with van der Waals surface area (Å²) in [7, 11) is 0. The largest absolute Gasteiger partial charge is 0.338 e. The Labute approximate surface area is 129 Å². The molecule has 0 spiro atoms. The average Bonchev–Trinajstić information content (AvgIpc) is 3.26. The van der Waals surface area contributed by atoms with Gasteiger partial charge in [-0.15, -0.1) is 0 Å². The van der Waals surface area contributed by atoms with Crippen molar-refractivity contribution in [1.82, 2.24) is 15.7 Å². The van der Waals surface area contributed by atoms with E-state index in [1.165, 1.54) is 25.0 Å². The molecule has 2 amide bonds. The maximum atomic E-state index is 12.8. The van der Waals surface area contributed by atoms with Gasteiger partial charge in [0.15, 0.2) is 0 Å². The Bertz CT molecular complexity index is 519. The number of halogens is 1. The molecule has 6 heteroatoms. The Morgan fingerprint density at radius 3 is 2.77 bits per heavy atom. The summed E-state index contributed by atoms with van der Waals surface area (Å²) >= 11 is 0. The van der Waals surface area contributed by atoms with Gasteiger partial charge < -0.3 is 5.32 Å². The van der Waals surface area contributed by atoms with Crippen LogP contribution in [0.4, 0.5) is 9.18 Å². The molecule has 0 bridgehead atoms. The first-order valence-corrected chi connectivity index (χ1v) is 7.80. The van der Waals surface area contributed by atoms with Gasteiger partial charge in [-0.3, -0.25) is 9.74 Å². The standard InChI is InChI=1S/C16H22FN3O2/c1-11-8-14(9-20(11)15-6-7-15)18-16(21)19-22-10-12-2-4-13(17)5-3-12/h2-5,11,14-15H,6-10H2,1H3,(H2,18,19,21)/t11-,14+/m0/s1. The molecule has 1 aliphatic heterocycles. The van der Waals surface area contributed by atoms with Gasteiger partial charge >= 0.3 is 6.03 Å². The zero-order valence-electron chi connectivity index (χ0n) is 12.7. The zero-order chi connectivity index (χ0) is 15.5. The molecule has 1 heterocycles. The molecule has 1 aromatic rings. The lowest BCUT2D eigenvalue weighted by atomic mass is 10.2. The van der Waals surface area contributed by atoms with Gasteiger partial charge in [0, 0.05) is 24.7 Å². The van der Waals surface area contributed by atoms with Crippen LogP contribution in [0.5, 0.6) is 0 Å². The fourth-order valence-corrected chi connectivity index (χ4v) is 3.06. The van der Waals surface area contributed by atoms with Crippen molar-refractivity contribution in [2.75, 3.05) is 6.54 Å². The second kappa shape index (κ2) is 6.62. The van der Waals surface area contributed by atoms with E-state index in [4.69, 9.17) is 4.84 Å². The number of carbonyl (C=O) groups excluding carboxylic acids is 1. The Kier molecular flexibility index (Phi) is 4.59. The third-order valence-corrected chi connectivity index (χ3v) is 4.29. The van der Waals surface area contributed by atoms with Crippen LogP contribution in [0, 0.1) is 5.82 Å². The van der Waals surface area contributed by atoms with E-state index in [9.17, 15) is 9.18 Å². The number of amides is 2. The molecular formula is C16H22FN3O2. The SMILES string of the molecule is C[C@H]1C[C@@H](NC(=O)NOCc2ccc(F)cc2)CN1C1CC1. The second-order valence-electron chi connectivity index (χ2n) is 6.20. The Morgan fingerprint density at radius 1 is 1.36 bits per heavy atom. The number of hydrogen-bond acceptors (Lipinski definition) is 3. The lowest BCUT2D eigenvalue weighted by Gasteiger charge is -2.19. The predicted octanol–water partition coefficient (Wildman–Crippen LogP) is 2.18. The Balaban J connectivity index is 1.36. The number of benzene rings is 1. The molecule has 1 aliphatic carbocycles. The van der Waals surface area contributed by atoms with Crippen LogP contribution in [0.1, 0.15) is 31.7 Å². The van der Waals surface area contributed by atoms with E-state index in [0.717, 1.165) is 24.6 Å². The second-order valence-corrected chi connectivity index (χ2v) is 6.20. The molecule has 0 aromatic heterocycles. The molecule has 5 nitrogen and oxygen atoms in total. The van der Waals surface area contributed by atoms with Gasteiger partial charge in [-0.05, 0) is 43.9 Å². The van der Waals surface area contributed by atoms with E-state index in [-0.39, 0.29) is 24.5 Å². The van der Waals surface area contributed by atoms with Crippen LogP contribution in [0.25, 0.3) is 0 Å². The van der Waals surface area contributed by atoms with Crippen molar-refractivity contribution >= 4 is 6.03 Å². The lowest BCUT2D eigenvalue weighted by molar-refractivity contribution is 0.0481. The maximum Gasteiger partial charge on any atom is 0.338 e. The number of likely N-dealkylation sites (tertiary alicyclic amines) is 1. The van der Waals surface area contributed by atoms with Gasteiger partial charge in [-0.2, -0.15) is 0 Å². The third-order valence-electron chi connectivity index (χ3n) is 4.29. The summed E-state index contributed by atoms with van der Waals surface area (Å²) in [5.74, 6) is -0.287. The van der Waals surface area contributed by atoms with E-state index in [1.54, 1.807) is 12.1 Å². The molecule has 0 unspecified atom stereocenters. The van der Waals surface area contributed by atoms with Gasteiger partial charge in [-0.25, -0.2) is 14.7 Å². The number of urea groups is 1. The van der Waals surface area contributed by atoms with E-state index in [2.05, 4.69) is 22.6 Å². The topological polar surface area (TPSA) is 53.6 Å². The molecule has 1 aromatic carbocycles. The summed E-state index contributed by atoms with van der Waals surface area (Å²) in [5.41, 5.74) is 3.19. The lowest BCUT2D eigenvalue weighted by Crippen LogP contribution is -2.43. The summed E-state index contributed by atoms with van der Waals surface area (Å²) in [5, 5.41) is 2.94. The maximum absolute atomic E-state index is 12.8. The summed E-state index contributed by atoms with van der Waals surface area (Å²) in [4.78, 5) is 19.4. The molecule has 2 aliphatic rings. The van der Waals surface area contributed by atoms with Crippen molar-refractivity contribution in [2.24, 2.45) is 0 Å². The number of nitrogens with zero attached hydrogens (tertiary/aromatic N) is 1. The quantitative estimate of drug-likeness (QED) is 0.820. The first-order chi connectivity index (χ1) is 10.6. The van der Waals surface area contributed by atoms with E-state index in [0.29, 0.717) is 6.04 Å². The molecule has 2 fully saturated rings. The number of hydroxylamine groups is 1. The highest BCUT2D eigenvalue weighted by molar-refractivity contribution is 5.73. The third kappa shape index (κ3) is 3.96. The first-order valence-electron chi connectivity index (χ1n) is 7.80. The Morgan fingerprint density at radius 2 is 2.09 bits per heavy atom. The van der Waals surface area contributed by atoms with Gasteiger partial charge in [0.1, 0.15) is 5.82 Å². The summed E-state index contributed by atoms with van der Waals surface area (Å²) in [6.07, 6.45) is 3.54. The number of nitrogens with one attached hydrogen (secondary N) is 2. The van der Waals surface area contributed by atoms with Crippen molar-refractivity contribution in [3.63, 3.8) is 0 Å².